The molecule has 3 aromatic heterocycles. The maximum Gasteiger partial charge on any atom is 0.319 e. The Kier molecular flexibility index (Phi) is 4.49. The summed E-state index contributed by atoms with van der Waals surface area (Å²) in [7, 11) is 1.90. The summed E-state index contributed by atoms with van der Waals surface area (Å²) >= 11 is 0. The van der Waals surface area contributed by atoms with Crippen LogP contribution in [0.3, 0.4) is 0 Å². The van der Waals surface area contributed by atoms with Gasteiger partial charge in [0.15, 0.2) is 0 Å². The van der Waals surface area contributed by atoms with E-state index >= 15 is 0 Å². The van der Waals surface area contributed by atoms with E-state index in [2.05, 4.69) is 25.7 Å². The lowest BCUT2D eigenvalue weighted by Crippen LogP contribution is -2.28. The molecule has 0 unspecified atom stereocenters. The minimum Gasteiger partial charge on any atom is -0.334 e. The number of pyridine rings is 2. The van der Waals surface area contributed by atoms with Crippen LogP contribution < -0.4 is 10.6 Å². The molecule has 7 nitrogen and oxygen atoms in total. The van der Waals surface area contributed by atoms with Crippen molar-refractivity contribution in [3.63, 3.8) is 0 Å². The van der Waals surface area contributed by atoms with E-state index in [0.29, 0.717) is 12.2 Å². The second-order valence-electron chi connectivity index (χ2n) is 6.08. The van der Waals surface area contributed by atoms with Crippen molar-refractivity contribution >= 4 is 22.8 Å². The largest absolute Gasteiger partial charge is 0.334 e. The number of carbonyl (C=O) groups is 1. The fourth-order valence-electron chi connectivity index (χ4n) is 2.86. The van der Waals surface area contributed by atoms with E-state index in [0.717, 1.165) is 27.9 Å². The van der Waals surface area contributed by atoms with Crippen LogP contribution in [0, 0.1) is 0 Å². The molecule has 0 bridgehead atoms. The monoisotopic (exact) mass is 358 g/mol. The van der Waals surface area contributed by atoms with Crippen LogP contribution in [-0.2, 0) is 13.6 Å². The first-order chi connectivity index (χ1) is 13.2. The van der Waals surface area contributed by atoms with Gasteiger partial charge < -0.3 is 10.6 Å². The van der Waals surface area contributed by atoms with Crippen LogP contribution in [0.4, 0.5) is 10.5 Å². The third kappa shape index (κ3) is 3.62. The normalized spacial score (nSPS) is 10.7. The van der Waals surface area contributed by atoms with E-state index < -0.39 is 0 Å². The molecule has 0 aliphatic carbocycles. The van der Waals surface area contributed by atoms with Gasteiger partial charge in [0, 0.05) is 43.4 Å². The van der Waals surface area contributed by atoms with Crippen molar-refractivity contribution in [2.24, 2.45) is 7.05 Å². The molecule has 0 aliphatic rings. The molecule has 1 aromatic carbocycles. The van der Waals surface area contributed by atoms with E-state index in [9.17, 15) is 4.79 Å². The Labute approximate surface area is 156 Å². The molecule has 4 rings (SSSR count). The quantitative estimate of drug-likeness (QED) is 0.586. The van der Waals surface area contributed by atoms with Crippen molar-refractivity contribution in [2.75, 3.05) is 5.32 Å². The van der Waals surface area contributed by atoms with Crippen LogP contribution >= 0.6 is 0 Å². The van der Waals surface area contributed by atoms with Crippen LogP contribution in [0.15, 0.2) is 67.1 Å². The number of nitrogens with one attached hydrogen (secondary N) is 2. The Morgan fingerprint density at radius 1 is 1.04 bits per heavy atom. The molecule has 0 atom stereocenters. The molecular formula is C20H18N6O. The van der Waals surface area contributed by atoms with Gasteiger partial charge in [0.2, 0.25) is 0 Å². The number of aromatic nitrogens is 4. The summed E-state index contributed by atoms with van der Waals surface area (Å²) in [6.07, 6.45) is 5.16. The molecule has 0 saturated carbocycles. The number of fused-ring (bicyclic) bond motifs is 1. The van der Waals surface area contributed by atoms with Gasteiger partial charge >= 0.3 is 6.03 Å². The Morgan fingerprint density at radius 2 is 1.81 bits per heavy atom. The predicted molar refractivity (Wildman–Crippen MR) is 104 cm³/mol. The Morgan fingerprint density at radius 3 is 2.59 bits per heavy atom. The highest BCUT2D eigenvalue weighted by Gasteiger charge is 2.11. The minimum atomic E-state index is -0.260. The van der Waals surface area contributed by atoms with Gasteiger partial charge in [-0.05, 0) is 42.0 Å². The average Bonchev–Trinajstić information content (AvgIpc) is 3.05. The van der Waals surface area contributed by atoms with E-state index in [4.69, 9.17) is 0 Å². The lowest BCUT2D eigenvalue weighted by Gasteiger charge is -2.08. The third-order valence-corrected chi connectivity index (χ3v) is 4.23. The van der Waals surface area contributed by atoms with Crippen LogP contribution in [0.5, 0.6) is 0 Å². The highest BCUT2D eigenvalue weighted by Crippen LogP contribution is 2.26. The number of benzene rings is 1. The van der Waals surface area contributed by atoms with Gasteiger partial charge in [-0.3, -0.25) is 14.6 Å². The zero-order valence-electron chi connectivity index (χ0n) is 14.8. The Balaban J connectivity index is 1.45. The first kappa shape index (κ1) is 16.7. The van der Waals surface area contributed by atoms with Crippen molar-refractivity contribution < 1.29 is 4.79 Å². The fourth-order valence-corrected chi connectivity index (χ4v) is 2.86. The SMILES string of the molecule is Cn1nc(-c2ccc(NC(=O)NCc3ccncc3)cc2)c2ncccc21. The molecule has 4 aromatic rings. The van der Waals surface area contributed by atoms with E-state index in [1.54, 1.807) is 18.6 Å². The van der Waals surface area contributed by atoms with E-state index in [1.807, 2.05) is 60.3 Å². The number of amides is 2. The lowest BCUT2D eigenvalue weighted by atomic mass is 10.1. The van der Waals surface area contributed by atoms with E-state index in [-0.39, 0.29) is 6.03 Å². The summed E-state index contributed by atoms with van der Waals surface area (Å²) in [5.74, 6) is 0. The first-order valence-electron chi connectivity index (χ1n) is 8.52. The Bertz CT molecular complexity index is 1070. The van der Waals surface area contributed by atoms with Crippen molar-refractivity contribution in [1.29, 1.82) is 0 Å². The van der Waals surface area contributed by atoms with Crippen LogP contribution in [0.1, 0.15) is 5.56 Å². The molecule has 3 heterocycles. The Hall–Kier alpha value is -3.74. The second kappa shape index (κ2) is 7.25. The van der Waals surface area contributed by atoms with Crippen LogP contribution in [-0.4, -0.2) is 25.8 Å². The fraction of sp³-hybridized carbons (Fsp3) is 0.100. The molecule has 0 aliphatic heterocycles. The molecule has 2 amide bonds. The van der Waals surface area contributed by atoms with Gasteiger partial charge in [-0.2, -0.15) is 5.10 Å². The number of hydrogen-bond donors (Lipinski definition) is 2. The molecular weight excluding hydrogens is 340 g/mol. The number of rotatable bonds is 4. The summed E-state index contributed by atoms with van der Waals surface area (Å²) in [5.41, 5.74) is 5.30. The number of carbonyl (C=O) groups excluding carboxylic acids is 1. The highest BCUT2D eigenvalue weighted by atomic mass is 16.2. The zero-order valence-corrected chi connectivity index (χ0v) is 14.8. The second-order valence-corrected chi connectivity index (χ2v) is 6.08. The summed E-state index contributed by atoms with van der Waals surface area (Å²) < 4.78 is 1.82. The predicted octanol–water partition coefficient (Wildman–Crippen LogP) is 3.35. The van der Waals surface area contributed by atoms with Gasteiger partial charge in [0.05, 0.1) is 5.52 Å². The van der Waals surface area contributed by atoms with Gasteiger partial charge in [-0.25, -0.2) is 4.79 Å². The molecule has 2 N–H and O–H groups in total. The van der Waals surface area contributed by atoms with E-state index in [1.165, 1.54) is 0 Å². The lowest BCUT2D eigenvalue weighted by molar-refractivity contribution is 0.251. The van der Waals surface area contributed by atoms with Gasteiger partial charge in [-0.1, -0.05) is 12.1 Å². The summed E-state index contributed by atoms with van der Waals surface area (Å²) in [5, 5.41) is 10.2. The molecule has 0 spiro atoms. The van der Waals surface area contributed by atoms with Crippen molar-refractivity contribution in [3.05, 3.63) is 72.7 Å². The molecule has 0 fully saturated rings. The summed E-state index contributed by atoms with van der Waals surface area (Å²) in [4.78, 5) is 20.4. The number of urea groups is 1. The van der Waals surface area contributed by atoms with Crippen molar-refractivity contribution in [2.45, 2.75) is 6.54 Å². The topological polar surface area (TPSA) is 84.7 Å². The first-order valence-corrected chi connectivity index (χ1v) is 8.52. The van der Waals surface area contributed by atoms with Crippen molar-refractivity contribution in [3.8, 4) is 11.3 Å². The highest BCUT2D eigenvalue weighted by molar-refractivity contribution is 5.92. The molecule has 27 heavy (non-hydrogen) atoms. The van der Waals surface area contributed by atoms with Gasteiger partial charge in [0.1, 0.15) is 11.2 Å². The smallest absolute Gasteiger partial charge is 0.319 e. The molecule has 134 valence electrons. The number of hydrogen-bond acceptors (Lipinski definition) is 4. The molecule has 7 heteroatoms. The van der Waals surface area contributed by atoms with Crippen LogP contribution in [0.25, 0.3) is 22.3 Å². The maximum absolute atomic E-state index is 12.1. The van der Waals surface area contributed by atoms with Crippen LogP contribution in [0.2, 0.25) is 0 Å². The average molecular weight is 358 g/mol. The maximum atomic E-state index is 12.1. The third-order valence-electron chi connectivity index (χ3n) is 4.23. The van der Waals surface area contributed by atoms with Crippen molar-refractivity contribution in [1.82, 2.24) is 25.1 Å². The minimum absolute atomic E-state index is 0.260. The van der Waals surface area contributed by atoms with Gasteiger partial charge in [0.25, 0.3) is 0 Å². The number of nitrogens with zero attached hydrogens (tertiary/aromatic N) is 4. The number of aryl methyl sites for hydroxylation is 1. The standard InChI is InChI=1S/C20H18N6O/c1-26-17-3-2-10-22-19(17)18(25-26)15-4-6-16(7-5-15)24-20(27)23-13-14-8-11-21-12-9-14/h2-12H,13H2,1H3,(H2,23,24,27). The number of anilines is 1. The summed E-state index contributed by atoms with van der Waals surface area (Å²) in [6.45, 7) is 0.442. The zero-order chi connectivity index (χ0) is 18.6. The summed E-state index contributed by atoms with van der Waals surface area (Å²) in [6, 6.07) is 14.9. The van der Waals surface area contributed by atoms with Gasteiger partial charge in [-0.15, -0.1) is 0 Å². The molecule has 0 radical (unpaired) electrons. The molecule has 0 saturated heterocycles.